The van der Waals surface area contributed by atoms with Gasteiger partial charge in [0, 0.05) is 7.11 Å². The predicted molar refractivity (Wildman–Crippen MR) is 72.9 cm³/mol. The van der Waals surface area contributed by atoms with Gasteiger partial charge in [0.1, 0.15) is 5.75 Å². The fourth-order valence-corrected chi connectivity index (χ4v) is 2.41. The normalized spacial score (nSPS) is 19.7. The van der Waals surface area contributed by atoms with Crippen LogP contribution in [0.15, 0.2) is 24.3 Å². The number of piperidine rings is 1. The second-order valence-electron chi connectivity index (χ2n) is 4.93. The van der Waals surface area contributed by atoms with Crippen molar-refractivity contribution in [2.45, 2.75) is 25.9 Å². The maximum Gasteiger partial charge on any atom is 0.119 e. The van der Waals surface area contributed by atoms with E-state index in [9.17, 15) is 0 Å². The minimum absolute atomic E-state index is 0.643. The van der Waals surface area contributed by atoms with Gasteiger partial charge in [-0.2, -0.15) is 0 Å². The van der Waals surface area contributed by atoms with Gasteiger partial charge in [-0.1, -0.05) is 12.1 Å². The van der Waals surface area contributed by atoms with E-state index in [1.54, 1.807) is 7.11 Å². The molecule has 1 aromatic rings. The standard InChI is InChI=1S/C15H23NO2/c1-17-12-14-4-2-6-15(10-14)18-9-7-13-5-3-8-16-11-13/h2,4,6,10,13,16H,3,5,7-9,11-12H2,1H3. The molecule has 0 saturated carbocycles. The Kier molecular flexibility index (Phi) is 5.49. The Morgan fingerprint density at radius 1 is 1.39 bits per heavy atom. The summed E-state index contributed by atoms with van der Waals surface area (Å²) >= 11 is 0. The highest BCUT2D eigenvalue weighted by Gasteiger charge is 2.12. The molecule has 3 nitrogen and oxygen atoms in total. The molecule has 1 saturated heterocycles. The highest BCUT2D eigenvalue weighted by atomic mass is 16.5. The molecular formula is C15H23NO2. The third kappa shape index (κ3) is 4.31. The van der Waals surface area contributed by atoms with Gasteiger partial charge in [0.15, 0.2) is 0 Å². The lowest BCUT2D eigenvalue weighted by Gasteiger charge is -2.22. The average molecular weight is 249 g/mol. The van der Waals surface area contributed by atoms with Crippen molar-refractivity contribution in [3.8, 4) is 5.75 Å². The van der Waals surface area contributed by atoms with Crippen LogP contribution in [0.2, 0.25) is 0 Å². The smallest absolute Gasteiger partial charge is 0.119 e. The topological polar surface area (TPSA) is 30.5 Å². The Labute approximate surface area is 109 Å². The summed E-state index contributed by atoms with van der Waals surface area (Å²) in [5, 5.41) is 3.44. The van der Waals surface area contributed by atoms with Crippen molar-refractivity contribution < 1.29 is 9.47 Å². The Balaban J connectivity index is 1.73. The summed E-state index contributed by atoms with van der Waals surface area (Å²) in [7, 11) is 1.71. The fourth-order valence-electron chi connectivity index (χ4n) is 2.41. The van der Waals surface area contributed by atoms with Crippen molar-refractivity contribution in [3.63, 3.8) is 0 Å². The van der Waals surface area contributed by atoms with E-state index in [1.807, 2.05) is 12.1 Å². The Morgan fingerprint density at radius 2 is 2.33 bits per heavy atom. The number of ether oxygens (including phenoxy) is 2. The molecule has 0 spiro atoms. The second kappa shape index (κ2) is 7.39. The first-order valence-electron chi connectivity index (χ1n) is 6.80. The van der Waals surface area contributed by atoms with Crippen LogP contribution in [0.25, 0.3) is 0 Å². The van der Waals surface area contributed by atoms with Gasteiger partial charge in [-0.25, -0.2) is 0 Å². The maximum absolute atomic E-state index is 5.81. The van der Waals surface area contributed by atoms with Gasteiger partial charge >= 0.3 is 0 Å². The Bertz CT molecular complexity index is 348. The lowest BCUT2D eigenvalue weighted by molar-refractivity contribution is 0.184. The van der Waals surface area contributed by atoms with Crippen LogP contribution in [0.1, 0.15) is 24.8 Å². The number of rotatable bonds is 6. The van der Waals surface area contributed by atoms with Crippen LogP contribution < -0.4 is 10.1 Å². The van der Waals surface area contributed by atoms with Crippen molar-refractivity contribution in [1.82, 2.24) is 5.32 Å². The molecule has 1 N–H and O–H groups in total. The average Bonchev–Trinajstić information content (AvgIpc) is 2.41. The van der Waals surface area contributed by atoms with E-state index >= 15 is 0 Å². The second-order valence-corrected chi connectivity index (χ2v) is 4.93. The number of hydrogen-bond acceptors (Lipinski definition) is 3. The zero-order valence-corrected chi connectivity index (χ0v) is 11.2. The van der Waals surface area contributed by atoms with E-state index in [4.69, 9.17) is 9.47 Å². The molecule has 1 aliphatic heterocycles. The summed E-state index contributed by atoms with van der Waals surface area (Å²) in [6.07, 6.45) is 3.77. The van der Waals surface area contributed by atoms with E-state index in [0.717, 1.165) is 36.8 Å². The minimum atomic E-state index is 0.643. The molecule has 100 valence electrons. The Hall–Kier alpha value is -1.06. The highest BCUT2D eigenvalue weighted by Crippen LogP contribution is 2.17. The number of nitrogens with one attached hydrogen (secondary N) is 1. The lowest BCUT2D eigenvalue weighted by Crippen LogP contribution is -2.30. The number of hydrogen-bond donors (Lipinski definition) is 1. The molecule has 0 bridgehead atoms. The van der Waals surface area contributed by atoms with Gasteiger partial charge in [0.2, 0.25) is 0 Å². The first kappa shape index (κ1) is 13.4. The van der Waals surface area contributed by atoms with Crippen LogP contribution in [0, 0.1) is 5.92 Å². The van der Waals surface area contributed by atoms with Crippen molar-refractivity contribution in [1.29, 1.82) is 0 Å². The molecule has 1 atom stereocenters. The molecular weight excluding hydrogens is 226 g/mol. The summed E-state index contributed by atoms with van der Waals surface area (Å²) in [4.78, 5) is 0. The lowest BCUT2D eigenvalue weighted by atomic mass is 9.97. The van der Waals surface area contributed by atoms with E-state index in [2.05, 4.69) is 17.4 Å². The van der Waals surface area contributed by atoms with Crippen molar-refractivity contribution in [2.24, 2.45) is 5.92 Å². The third-order valence-electron chi connectivity index (χ3n) is 3.40. The van der Waals surface area contributed by atoms with Crippen molar-refractivity contribution in [3.05, 3.63) is 29.8 Å². The molecule has 2 rings (SSSR count). The molecule has 0 amide bonds. The zero-order chi connectivity index (χ0) is 12.6. The highest BCUT2D eigenvalue weighted by molar-refractivity contribution is 5.28. The summed E-state index contributed by atoms with van der Waals surface area (Å²) in [5.74, 6) is 1.73. The summed E-state index contributed by atoms with van der Waals surface area (Å²) < 4.78 is 10.9. The Morgan fingerprint density at radius 3 is 3.11 bits per heavy atom. The van der Waals surface area contributed by atoms with Crippen molar-refractivity contribution >= 4 is 0 Å². The van der Waals surface area contributed by atoms with Gasteiger partial charge in [-0.05, 0) is 56.0 Å². The van der Waals surface area contributed by atoms with Gasteiger partial charge in [0.05, 0.1) is 13.2 Å². The van der Waals surface area contributed by atoms with Crippen LogP contribution in [-0.2, 0) is 11.3 Å². The van der Waals surface area contributed by atoms with Crippen LogP contribution >= 0.6 is 0 Å². The molecule has 0 radical (unpaired) electrons. The van der Waals surface area contributed by atoms with Crippen molar-refractivity contribution in [2.75, 3.05) is 26.8 Å². The van der Waals surface area contributed by atoms with E-state index in [0.29, 0.717) is 6.61 Å². The van der Waals surface area contributed by atoms with Gasteiger partial charge in [0.25, 0.3) is 0 Å². The number of benzene rings is 1. The first-order chi connectivity index (χ1) is 8.88. The quantitative estimate of drug-likeness (QED) is 0.840. The zero-order valence-electron chi connectivity index (χ0n) is 11.2. The SMILES string of the molecule is COCc1cccc(OCCC2CCCNC2)c1. The summed E-state index contributed by atoms with van der Waals surface area (Å²) in [6, 6.07) is 8.15. The monoisotopic (exact) mass is 249 g/mol. The first-order valence-corrected chi connectivity index (χ1v) is 6.80. The molecule has 0 aromatic heterocycles. The fraction of sp³-hybridized carbons (Fsp3) is 0.600. The molecule has 0 aliphatic carbocycles. The molecule has 18 heavy (non-hydrogen) atoms. The molecule has 1 aromatic carbocycles. The van der Waals surface area contributed by atoms with Gasteiger partial charge in [-0.15, -0.1) is 0 Å². The van der Waals surface area contributed by atoms with E-state index < -0.39 is 0 Å². The molecule has 1 aliphatic rings. The van der Waals surface area contributed by atoms with Crippen LogP contribution in [0.4, 0.5) is 0 Å². The van der Waals surface area contributed by atoms with E-state index in [1.165, 1.54) is 19.4 Å². The van der Waals surface area contributed by atoms with Crippen LogP contribution in [0.5, 0.6) is 5.75 Å². The van der Waals surface area contributed by atoms with Gasteiger partial charge in [-0.3, -0.25) is 0 Å². The van der Waals surface area contributed by atoms with Crippen LogP contribution in [0.3, 0.4) is 0 Å². The molecule has 1 fully saturated rings. The number of methoxy groups -OCH3 is 1. The predicted octanol–water partition coefficient (Wildman–Crippen LogP) is 2.60. The largest absolute Gasteiger partial charge is 0.494 e. The molecule has 3 heteroatoms. The van der Waals surface area contributed by atoms with Gasteiger partial charge < -0.3 is 14.8 Å². The summed E-state index contributed by atoms with van der Waals surface area (Å²) in [6.45, 7) is 3.77. The third-order valence-corrected chi connectivity index (χ3v) is 3.40. The minimum Gasteiger partial charge on any atom is -0.494 e. The summed E-state index contributed by atoms with van der Waals surface area (Å²) in [5.41, 5.74) is 1.16. The molecule has 1 heterocycles. The van der Waals surface area contributed by atoms with E-state index in [-0.39, 0.29) is 0 Å². The molecule has 1 unspecified atom stereocenters. The van der Waals surface area contributed by atoms with Crippen LogP contribution in [-0.4, -0.2) is 26.8 Å². The maximum atomic E-state index is 5.81.